The van der Waals surface area contributed by atoms with Crippen LogP contribution in [0.25, 0.3) is 0 Å². The molecule has 0 aliphatic heterocycles. The Labute approximate surface area is 156 Å². The lowest BCUT2D eigenvalue weighted by molar-refractivity contribution is -0.114. The average molecular weight is 361 g/mol. The van der Waals surface area contributed by atoms with Crippen LogP contribution in [0, 0.1) is 0 Å². The Morgan fingerprint density at radius 1 is 0.926 bits per heavy atom. The largest absolute Gasteiger partial charge is 0.354 e. The molecule has 0 radical (unpaired) electrons. The molecule has 0 aliphatic carbocycles. The molecule has 136 valence electrons. The summed E-state index contributed by atoms with van der Waals surface area (Å²) in [7, 11) is 0. The highest BCUT2D eigenvalue weighted by molar-refractivity contribution is 5.92. The van der Waals surface area contributed by atoms with Gasteiger partial charge in [0, 0.05) is 37.2 Å². The molecule has 0 unspecified atom stereocenters. The topological polar surface area (TPSA) is 96.0 Å². The molecule has 2 amide bonds. The lowest BCUT2D eigenvalue weighted by Crippen LogP contribution is -2.23. The minimum atomic E-state index is -0.245. The van der Waals surface area contributed by atoms with Gasteiger partial charge in [-0.25, -0.2) is 4.98 Å². The number of hydrogen-bond acceptors (Lipinski definition) is 5. The number of nitrogens with one attached hydrogen (secondary N) is 3. The second-order valence-corrected chi connectivity index (χ2v) is 5.86. The first-order chi connectivity index (χ1) is 13.1. The SMILES string of the molecule is CC(=O)Nc1ccc(Nc2ccc(C(=O)NCc3cccnc3)nc2)cc1. The molecule has 0 fully saturated rings. The molecule has 3 rings (SSSR count). The van der Waals surface area contributed by atoms with E-state index in [2.05, 4.69) is 25.9 Å². The third-order valence-electron chi connectivity index (χ3n) is 3.67. The van der Waals surface area contributed by atoms with E-state index in [-0.39, 0.29) is 11.8 Å². The Hall–Kier alpha value is -3.74. The van der Waals surface area contributed by atoms with Crippen molar-refractivity contribution < 1.29 is 9.59 Å². The van der Waals surface area contributed by atoms with Crippen LogP contribution in [0.4, 0.5) is 17.1 Å². The molecule has 1 aromatic carbocycles. The zero-order valence-corrected chi connectivity index (χ0v) is 14.8. The second-order valence-electron chi connectivity index (χ2n) is 5.86. The second kappa shape index (κ2) is 8.57. The Balaban J connectivity index is 1.56. The summed E-state index contributed by atoms with van der Waals surface area (Å²) in [5.74, 6) is -0.359. The molecule has 0 atom stereocenters. The summed E-state index contributed by atoms with van der Waals surface area (Å²) in [5.41, 5.74) is 3.59. The Kier molecular flexibility index (Phi) is 5.73. The number of nitrogens with zero attached hydrogens (tertiary/aromatic N) is 2. The number of anilines is 3. The number of aromatic nitrogens is 2. The smallest absolute Gasteiger partial charge is 0.270 e. The molecular formula is C20H19N5O2. The van der Waals surface area contributed by atoms with Gasteiger partial charge in [0.15, 0.2) is 0 Å². The monoisotopic (exact) mass is 361 g/mol. The summed E-state index contributed by atoms with van der Waals surface area (Å²) >= 11 is 0. The molecule has 0 saturated heterocycles. The summed E-state index contributed by atoms with van der Waals surface area (Å²) in [5, 5.41) is 8.72. The van der Waals surface area contributed by atoms with Gasteiger partial charge in [-0.3, -0.25) is 14.6 Å². The van der Waals surface area contributed by atoms with Gasteiger partial charge in [-0.1, -0.05) is 6.07 Å². The Bertz CT molecular complexity index is 909. The minimum Gasteiger partial charge on any atom is -0.354 e. The van der Waals surface area contributed by atoms with Crippen LogP contribution in [-0.4, -0.2) is 21.8 Å². The highest BCUT2D eigenvalue weighted by Crippen LogP contribution is 2.18. The summed E-state index contributed by atoms with van der Waals surface area (Å²) in [6.45, 7) is 1.86. The van der Waals surface area contributed by atoms with Gasteiger partial charge in [0.25, 0.3) is 5.91 Å². The molecular weight excluding hydrogens is 342 g/mol. The standard InChI is InChI=1S/C20H19N5O2/c1-14(26)24-16-4-6-17(7-5-16)25-18-8-9-19(22-13-18)20(27)23-12-15-3-2-10-21-11-15/h2-11,13,25H,12H2,1H3,(H,23,27)(H,24,26). The summed E-state index contributed by atoms with van der Waals surface area (Å²) < 4.78 is 0. The molecule has 3 aromatic rings. The number of benzene rings is 1. The predicted octanol–water partition coefficient (Wildman–Crippen LogP) is 3.11. The maximum atomic E-state index is 12.2. The van der Waals surface area contributed by atoms with E-state index in [4.69, 9.17) is 0 Å². The lowest BCUT2D eigenvalue weighted by atomic mass is 10.2. The Morgan fingerprint density at radius 3 is 2.30 bits per heavy atom. The number of hydrogen-bond donors (Lipinski definition) is 3. The third-order valence-corrected chi connectivity index (χ3v) is 3.67. The molecule has 7 nitrogen and oxygen atoms in total. The van der Waals surface area contributed by atoms with Gasteiger partial charge in [-0.2, -0.15) is 0 Å². The van der Waals surface area contributed by atoms with Gasteiger partial charge < -0.3 is 16.0 Å². The van der Waals surface area contributed by atoms with Gasteiger partial charge >= 0.3 is 0 Å². The molecule has 0 spiro atoms. The minimum absolute atomic E-state index is 0.114. The Morgan fingerprint density at radius 2 is 1.67 bits per heavy atom. The van der Waals surface area contributed by atoms with Gasteiger partial charge in [-0.15, -0.1) is 0 Å². The van der Waals surface area contributed by atoms with E-state index in [9.17, 15) is 9.59 Å². The molecule has 0 aliphatic rings. The average Bonchev–Trinajstić information content (AvgIpc) is 2.69. The fourth-order valence-electron chi connectivity index (χ4n) is 2.38. The van der Waals surface area contributed by atoms with E-state index >= 15 is 0 Å². The maximum absolute atomic E-state index is 12.2. The van der Waals surface area contributed by atoms with E-state index in [1.165, 1.54) is 6.92 Å². The van der Waals surface area contributed by atoms with Crippen LogP contribution in [0.5, 0.6) is 0 Å². The van der Waals surface area contributed by atoms with Crippen molar-refractivity contribution in [1.82, 2.24) is 15.3 Å². The highest BCUT2D eigenvalue weighted by Gasteiger charge is 2.07. The first kappa shape index (κ1) is 18.1. The van der Waals surface area contributed by atoms with Crippen LogP contribution >= 0.6 is 0 Å². The van der Waals surface area contributed by atoms with Crippen molar-refractivity contribution in [2.24, 2.45) is 0 Å². The highest BCUT2D eigenvalue weighted by atomic mass is 16.2. The van der Waals surface area contributed by atoms with Crippen LogP contribution in [0.15, 0.2) is 67.1 Å². The zero-order valence-electron chi connectivity index (χ0n) is 14.8. The van der Waals surface area contributed by atoms with E-state index in [1.54, 1.807) is 42.9 Å². The van der Waals surface area contributed by atoms with E-state index in [1.807, 2.05) is 24.3 Å². The normalized spacial score (nSPS) is 10.1. The number of pyridine rings is 2. The number of rotatable bonds is 6. The van der Waals surface area contributed by atoms with E-state index < -0.39 is 0 Å². The fraction of sp³-hybridized carbons (Fsp3) is 0.100. The van der Waals surface area contributed by atoms with Gasteiger partial charge in [0.1, 0.15) is 5.69 Å². The molecule has 0 bridgehead atoms. The molecule has 3 N–H and O–H groups in total. The molecule has 2 heterocycles. The van der Waals surface area contributed by atoms with Gasteiger partial charge in [-0.05, 0) is 48.0 Å². The van der Waals surface area contributed by atoms with Crippen LogP contribution in [0.2, 0.25) is 0 Å². The van der Waals surface area contributed by atoms with Crippen molar-refractivity contribution in [3.63, 3.8) is 0 Å². The van der Waals surface area contributed by atoms with Gasteiger partial charge in [0.05, 0.1) is 11.9 Å². The molecule has 0 saturated carbocycles. The van der Waals surface area contributed by atoms with E-state index in [0.717, 1.165) is 22.6 Å². The third kappa shape index (κ3) is 5.37. The van der Waals surface area contributed by atoms with Crippen molar-refractivity contribution in [2.45, 2.75) is 13.5 Å². The van der Waals surface area contributed by atoms with Crippen LogP contribution < -0.4 is 16.0 Å². The van der Waals surface area contributed by atoms with Crippen LogP contribution in [0.1, 0.15) is 23.0 Å². The zero-order chi connectivity index (χ0) is 19.1. The number of amides is 2. The van der Waals surface area contributed by atoms with Crippen LogP contribution in [0.3, 0.4) is 0 Å². The van der Waals surface area contributed by atoms with Crippen LogP contribution in [-0.2, 0) is 11.3 Å². The van der Waals surface area contributed by atoms with Crippen molar-refractivity contribution in [2.75, 3.05) is 10.6 Å². The van der Waals surface area contributed by atoms with Crippen molar-refractivity contribution in [1.29, 1.82) is 0 Å². The lowest BCUT2D eigenvalue weighted by Gasteiger charge is -2.09. The maximum Gasteiger partial charge on any atom is 0.270 e. The summed E-state index contributed by atoms with van der Waals surface area (Å²) in [4.78, 5) is 31.4. The van der Waals surface area contributed by atoms with Gasteiger partial charge in [0.2, 0.25) is 5.91 Å². The summed E-state index contributed by atoms with van der Waals surface area (Å²) in [6, 6.07) is 14.5. The molecule has 2 aromatic heterocycles. The quantitative estimate of drug-likeness (QED) is 0.627. The van der Waals surface area contributed by atoms with Crippen molar-refractivity contribution >= 4 is 28.9 Å². The predicted molar refractivity (Wildman–Crippen MR) is 104 cm³/mol. The van der Waals surface area contributed by atoms with Crippen molar-refractivity contribution in [3.8, 4) is 0 Å². The molecule has 27 heavy (non-hydrogen) atoms. The first-order valence-electron chi connectivity index (χ1n) is 8.38. The molecule has 7 heteroatoms. The first-order valence-corrected chi connectivity index (χ1v) is 8.38. The fourth-order valence-corrected chi connectivity index (χ4v) is 2.38. The number of carbonyl (C=O) groups is 2. The number of carbonyl (C=O) groups excluding carboxylic acids is 2. The summed E-state index contributed by atoms with van der Waals surface area (Å²) in [6.07, 6.45) is 4.99. The van der Waals surface area contributed by atoms with E-state index in [0.29, 0.717) is 12.2 Å². The van der Waals surface area contributed by atoms with Crippen molar-refractivity contribution in [3.05, 3.63) is 78.4 Å².